The molecular weight excluding hydrogens is 294 g/mol. The molecule has 1 N–H and O–H groups in total. The first-order chi connectivity index (χ1) is 10.7. The third-order valence-corrected chi connectivity index (χ3v) is 4.44. The second-order valence-corrected chi connectivity index (χ2v) is 7.54. The van der Waals surface area contributed by atoms with Gasteiger partial charge in [0, 0.05) is 18.8 Å². The maximum atomic E-state index is 12.6. The van der Waals surface area contributed by atoms with Gasteiger partial charge in [0.25, 0.3) is 5.91 Å². The van der Waals surface area contributed by atoms with Crippen LogP contribution < -0.4 is 0 Å². The van der Waals surface area contributed by atoms with Gasteiger partial charge in [0.1, 0.15) is 11.3 Å². The molecule has 3 rings (SSSR count). The fourth-order valence-corrected chi connectivity index (χ4v) is 3.48. The standard InChI is InChI=1S/C17H25N3O3/c1-11-5-8-14(18-11)15(21)19-9-12-6-7-13(10-19)20(12)16(22)23-17(2,3)4/h5,8,12-13,18H,6-7,9-10H2,1-4H3. The maximum absolute atomic E-state index is 12.6. The van der Waals surface area contributed by atoms with Gasteiger partial charge in [-0.2, -0.15) is 0 Å². The number of aromatic nitrogens is 1. The van der Waals surface area contributed by atoms with Crippen LogP contribution in [0.1, 0.15) is 49.8 Å². The fraction of sp³-hybridized carbons (Fsp3) is 0.647. The summed E-state index contributed by atoms with van der Waals surface area (Å²) in [5.41, 5.74) is 1.10. The summed E-state index contributed by atoms with van der Waals surface area (Å²) in [4.78, 5) is 31.8. The summed E-state index contributed by atoms with van der Waals surface area (Å²) in [5.74, 6) is 0.0128. The lowest BCUT2D eigenvalue weighted by atomic mass is 10.1. The summed E-state index contributed by atoms with van der Waals surface area (Å²) in [5, 5.41) is 0. The molecule has 2 unspecified atom stereocenters. The summed E-state index contributed by atoms with van der Waals surface area (Å²) in [7, 11) is 0. The molecule has 0 radical (unpaired) electrons. The molecule has 1 aromatic heterocycles. The van der Waals surface area contributed by atoms with Crippen molar-refractivity contribution >= 4 is 12.0 Å². The number of aromatic amines is 1. The van der Waals surface area contributed by atoms with Crippen LogP contribution in [0.4, 0.5) is 4.79 Å². The molecule has 1 aromatic rings. The lowest BCUT2D eigenvalue weighted by Gasteiger charge is -2.41. The van der Waals surface area contributed by atoms with Gasteiger partial charge in [-0.05, 0) is 52.7 Å². The molecule has 0 aliphatic carbocycles. The lowest BCUT2D eigenvalue weighted by molar-refractivity contribution is -0.00342. The Morgan fingerprint density at radius 2 is 1.78 bits per heavy atom. The number of carbonyl (C=O) groups excluding carboxylic acids is 2. The van der Waals surface area contributed by atoms with Crippen LogP contribution in [0.25, 0.3) is 0 Å². The number of nitrogens with one attached hydrogen (secondary N) is 1. The van der Waals surface area contributed by atoms with Crippen LogP contribution in [0.3, 0.4) is 0 Å². The highest BCUT2D eigenvalue weighted by atomic mass is 16.6. The third kappa shape index (κ3) is 3.21. The molecule has 6 nitrogen and oxygen atoms in total. The van der Waals surface area contributed by atoms with Crippen molar-refractivity contribution in [2.75, 3.05) is 13.1 Å². The van der Waals surface area contributed by atoms with Crippen LogP contribution in [0.15, 0.2) is 12.1 Å². The van der Waals surface area contributed by atoms with E-state index in [1.165, 1.54) is 0 Å². The van der Waals surface area contributed by atoms with E-state index in [1.54, 1.807) is 0 Å². The Morgan fingerprint density at radius 3 is 2.26 bits per heavy atom. The molecule has 0 spiro atoms. The first-order valence-corrected chi connectivity index (χ1v) is 8.21. The predicted octanol–water partition coefficient (Wildman–Crippen LogP) is 2.55. The molecule has 2 aliphatic heterocycles. The van der Waals surface area contributed by atoms with Gasteiger partial charge < -0.3 is 14.6 Å². The quantitative estimate of drug-likeness (QED) is 0.865. The first-order valence-electron chi connectivity index (χ1n) is 8.21. The lowest BCUT2D eigenvalue weighted by Crippen LogP contribution is -2.57. The van der Waals surface area contributed by atoms with Crippen molar-refractivity contribution in [3.8, 4) is 0 Å². The van der Waals surface area contributed by atoms with E-state index in [1.807, 2.05) is 49.6 Å². The zero-order valence-corrected chi connectivity index (χ0v) is 14.3. The average molecular weight is 319 g/mol. The highest BCUT2D eigenvalue weighted by Crippen LogP contribution is 2.32. The molecule has 0 saturated carbocycles. The summed E-state index contributed by atoms with van der Waals surface area (Å²) in [6, 6.07) is 3.84. The van der Waals surface area contributed by atoms with Gasteiger partial charge in [-0.15, -0.1) is 0 Å². The Morgan fingerprint density at radius 1 is 1.17 bits per heavy atom. The van der Waals surface area contributed by atoms with Gasteiger partial charge in [-0.25, -0.2) is 4.79 Å². The molecule has 23 heavy (non-hydrogen) atoms. The van der Waals surface area contributed by atoms with Crippen molar-refractivity contribution in [3.63, 3.8) is 0 Å². The van der Waals surface area contributed by atoms with Crippen molar-refractivity contribution in [2.45, 2.75) is 58.2 Å². The molecular formula is C17H25N3O3. The highest BCUT2D eigenvalue weighted by molar-refractivity contribution is 5.92. The van der Waals surface area contributed by atoms with E-state index < -0.39 is 5.60 Å². The van der Waals surface area contributed by atoms with Crippen LogP contribution in [-0.4, -0.2) is 57.6 Å². The number of hydrogen-bond donors (Lipinski definition) is 1. The molecule has 126 valence electrons. The van der Waals surface area contributed by atoms with Crippen molar-refractivity contribution in [1.29, 1.82) is 0 Å². The Hall–Kier alpha value is -1.98. The largest absolute Gasteiger partial charge is 0.444 e. The first kappa shape index (κ1) is 15.9. The van der Waals surface area contributed by atoms with Crippen LogP contribution in [0.2, 0.25) is 0 Å². The minimum atomic E-state index is -0.495. The molecule has 3 heterocycles. The van der Waals surface area contributed by atoms with E-state index in [-0.39, 0.29) is 24.1 Å². The van der Waals surface area contributed by atoms with E-state index in [0.717, 1.165) is 18.5 Å². The normalized spacial score (nSPS) is 24.0. The number of ether oxygens (including phenoxy) is 1. The number of amides is 2. The molecule has 2 aliphatic rings. The Bertz CT molecular complexity index is 603. The third-order valence-electron chi connectivity index (χ3n) is 4.44. The second-order valence-electron chi connectivity index (χ2n) is 7.54. The van der Waals surface area contributed by atoms with Gasteiger partial charge in [0.05, 0.1) is 12.1 Å². The van der Waals surface area contributed by atoms with Crippen LogP contribution in [0.5, 0.6) is 0 Å². The second kappa shape index (κ2) is 5.58. The molecule has 2 saturated heterocycles. The van der Waals surface area contributed by atoms with Crippen molar-refractivity contribution in [2.24, 2.45) is 0 Å². The van der Waals surface area contributed by atoms with Gasteiger partial charge in [0.2, 0.25) is 0 Å². The molecule has 2 amide bonds. The Kier molecular flexibility index (Phi) is 3.86. The summed E-state index contributed by atoms with van der Waals surface area (Å²) in [6.07, 6.45) is 1.60. The number of piperazine rings is 1. The van der Waals surface area contributed by atoms with Crippen LogP contribution >= 0.6 is 0 Å². The summed E-state index contributed by atoms with van der Waals surface area (Å²) in [6.45, 7) is 8.71. The van der Waals surface area contributed by atoms with Crippen LogP contribution in [0, 0.1) is 6.92 Å². The number of rotatable bonds is 1. The van der Waals surface area contributed by atoms with Gasteiger partial charge >= 0.3 is 6.09 Å². The Labute approximate surface area is 136 Å². The van der Waals surface area contributed by atoms with E-state index in [2.05, 4.69) is 4.98 Å². The van der Waals surface area contributed by atoms with E-state index >= 15 is 0 Å². The topological polar surface area (TPSA) is 65.6 Å². The summed E-state index contributed by atoms with van der Waals surface area (Å²) >= 11 is 0. The smallest absolute Gasteiger partial charge is 0.410 e. The van der Waals surface area contributed by atoms with Gasteiger partial charge in [-0.1, -0.05) is 0 Å². The molecule has 2 bridgehead atoms. The minimum absolute atomic E-state index is 0.0128. The van der Waals surface area contributed by atoms with Crippen LogP contribution in [-0.2, 0) is 4.74 Å². The molecule has 2 fully saturated rings. The van der Waals surface area contributed by atoms with Crippen molar-refractivity contribution in [1.82, 2.24) is 14.8 Å². The number of hydrogen-bond acceptors (Lipinski definition) is 3. The van der Waals surface area contributed by atoms with Crippen molar-refractivity contribution < 1.29 is 14.3 Å². The monoisotopic (exact) mass is 319 g/mol. The zero-order valence-electron chi connectivity index (χ0n) is 14.3. The van der Waals surface area contributed by atoms with Crippen molar-refractivity contribution in [3.05, 3.63) is 23.5 Å². The molecule has 2 atom stereocenters. The minimum Gasteiger partial charge on any atom is -0.444 e. The summed E-state index contributed by atoms with van der Waals surface area (Å²) < 4.78 is 5.52. The predicted molar refractivity (Wildman–Crippen MR) is 86.3 cm³/mol. The Balaban J connectivity index is 1.69. The number of carbonyl (C=O) groups is 2. The van der Waals surface area contributed by atoms with Gasteiger partial charge in [-0.3, -0.25) is 9.69 Å². The number of fused-ring (bicyclic) bond motifs is 2. The van der Waals surface area contributed by atoms with Gasteiger partial charge in [0.15, 0.2) is 0 Å². The maximum Gasteiger partial charge on any atom is 0.410 e. The fourth-order valence-electron chi connectivity index (χ4n) is 3.48. The number of nitrogens with zero attached hydrogens (tertiary/aromatic N) is 2. The SMILES string of the molecule is Cc1ccc(C(=O)N2CC3CCC(C2)N3C(=O)OC(C)(C)C)[nH]1. The number of H-pyrrole nitrogens is 1. The van der Waals surface area contributed by atoms with E-state index in [4.69, 9.17) is 4.74 Å². The number of aryl methyl sites for hydroxylation is 1. The average Bonchev–Trinajstić information content (AvgIpc) is 2.98. The zero-order chi connectivity index (χ0) is 16.8. The molecule has 0 aromatic carbocycles. The number of likely N-dealkylation sites (tertiary alicyclic amines) is 1. The highest BCUT2D eigenvalue weighted by Gasteiger charge is 2.45. The molecule has 6 heteroatoms. The van der Waals surface area contributed by atoms with E-state index in [0.29, 0.717) is 18.8 Å². The van der Waals surface area contributed by atoms with E-state index in [9.17, 15) is 9.59 Å².